The zero-order valence-electron chi connectivity index (χ0n) is 9.71. The molecule has 4 nitrogen and oxygen atoms in total. The van der Waals surface area contributed by atoms with Gasteiger partial charge < -0.3 is 5.32 Å². The summed E-state index contributed by atoms with van der Waals surface area (Å²) in [6.07, 6.45) is 1.81. The number of amides is 1. The molecule has 1 fully saturated rings. The summed E-state index contributed by atoms with van der Waals surface area (Å²) in [4.78, 5) is 16.5. The minimum atomic E-state index is -0.624. The van der Waals surface area contributed by atoms with Gasteiger partial charge in [-0.3, -0.25) is 15.1 Å². The molecule has 0 spiro atoms. The molecule has 1 aliphatic rings. The molecule has 1 aliphatic heterocycles. The number of aryl methyl sites for hydroxylation is 1. The van der Waals surface area contributed by atoms with E-state index in [0.29, 0.717) is 0 Å². The second kappa shape index (κ2) is 4.22. The molecule has 0 unspecified atom stereocenters. The van der Waals surface area contributed by atoms with Crippen LogP contribution in [-0.4, -0.2) is 24.5 Å². The zero-order valence-corrected chi connectivity index (χ0v) is 9.71. The van der Waals surface area contributed by atoms with Crippen LogP contribution >= 0.6 is 0 Å². The third-order valence-corrected chi connectivity index (χ3v) is 3.10. The van der Waals surface area contributed by atoms with Crippen LogP contribution in [0, 0.1) is 6.92 Å². The van der Waals surface area contributed by atoms with Crippen LogP contribution in [0.25, 0.3) is 0 Å². The molecule has 2 heterocycles. The maximum Gasteiger partial charge on any atom is 0.246 e. The van der Waals surface area contributed by atoms with Gasteiger partial charge in [0.2, 0.25) is 5.91 Å². The molecule has 1 saturated heterocycles. The Balaban J connectivity index is 2.43. The molecule has 16 heavy (non-hydrogen) atoms. The average Bonchev–Trinajstić information content (AvgIpc) is 2.78. The summed E-state index contributed by atoms with van der Waals surface area (Å²) in [6.45, 7) is 2.80. The van der Waals surface area contributed by atoms with Gasteiger partial charge in [-0.05, 0) is 38.4 Å². The van der Waals surface area contributed by atoms with Crippen LogP contribution in [0.5, 0.6) is 0 Å². The lowest BCUT2D eigenvalue weighted by Crippen LogP contribution is -2.50. The summed E-state index contributed by atoms with van der Waals surface area (Å²) in [5.41, 5.74) is 1.14. The molecule has 1 aromatic rings. The van der Waals surface area contributed by atoms with Crippen molar-refractivity contribution in [3.63, 3.8) is 0 Å². The van der Waals surface area contributed by atoms with Gasteiger partial charge in [0, 0.05) is 12.7 Å². The van der Waals surface area contributed by atoms with Gasteiger partial charge in [0.1, 0.15) is 5.54 Å². The second-order valence-electron chi connectivity index (χ2n) is 4.18. The van der Waals surface area contributed by atoms with Crippen LogP contribution < -0.4 is 10.6 Å². The fourth-order valence-electron chi connectivity index (χ4n) is 2.27. The molecule has 0 aliphatic carbocycles. The van der Waals surface area contributed by atoms with Crippen molar-refractivity contribution in [2.45, 2.75) is 25.3 Å². The molecular formula is C12H17N3O. The van der Waals surface area contributed by atoms with Gasteiger partial charge in [-0.2, -0.15) is 0 Å². The fourth-order valence-corrected chi connectivity index (χ4v) is 2.27. The number of likely N-dealkylation sites (N-methyl/N-ethyl adjacent to an activating group) is 1. The van der Waals surface area contributed by atoms with Gasteiger partial charge in [0.05, 0.1) is 5.69 Å². The van der Waals surface area contributed by atoms with E-state index in [1.807, 2.05) is 25.1 Å². The predicted molar refractivity (Wildman–Crippen MR) is 62.0 cm³/mol. The highest BCUT2D eigenvalue weighted by molar-refractivity contribution is 5.87. The van der Waals surface area contributed by atoms with Crippen molar-refractivity contribution >= 4 is 5.91 Å². The maximum absolute atomic E-state index is 12.0. The van der Waals surface area contributed by atoms with Gasteiger partial charge in [0.25, 0.3) is 0 Å². The second-order valence-corrected chi connectivity index (χ2v) is 4.18. The van der Waals surface area contributed by atoms with Crippen molar-refractivity contribution in [1.29, 1.82) is 0 Å². The number of nitrogens with one attached hydrogen (secondary N) is 2. The first-order valence-electron chi connectivity index (χ1n) is 5.60. The number of nitrogens with zero attached hydrogens (tertiary/aromatic N) is 1. The van der Waals surface area contributed by atoms with E-state index >= 15 is 0 Å². The van der Waals surface area contributed by atoms with Gasteiger partial charge in [0.15, 0.2) is 0 Å². The molecule has 2 N–H and O–H groups in total. The van der Waals surface area contributed by atoms with Gasteiger partial charge in [-0.15, -0.1) is 0 Å². The first kappa shape index (κ1) is 11.1. The van der Waals surface area contributed by atoms with E-state index in [1.54, 1.807) is 7.05 Å². The van der Waals surface area contributed by atoms with E-state index < -0.39 is 5.54 Å². The minimum absolute atomic E-state index is 0.00287. The summed E-state index contributed by atoms with van der Waals surface area (Å²) < 4.78 is 0. The number of carbonyl (C=O) groups is 1. The lowest BCUT2D eigenvalue weighted by Gasteiger charge is -2.27. The normalized spacial score (nSPS) is 24.4. The number of hydrogen-bond acceptors (Lipinski definition) is 3. The van der Waals surface area contributed by atoms with Crippen LogP contribution in [0.15, 0.2) is 18.2 Å². The highest BCUT2D eigenvalue weighted by Gasteiger charge is 2.43. The molecule has 1 atom stereocenters. The Morgan fingerprint density at radius 2 is 2.38 bits per heavy atom. The molecule has 1 aromatic heterocycles. The van der Waals surface area contributed by atoms with Crippen molar-refractivity contribution in [3.8, 4) is 0 Å². The third kappa shape index (κ3) is 1.69. The molecule has 1 amide bonds. The molecule has 86 valence electrons. The Kier molecular flexibility index (Phi) is 2.92. The van der Waals surface area contributed by atoms with Crippen LogP contribution in [0.4, 0.5) is 0 Å². The quantitative estimate of drug-likeness (QED) is 0.770. The summed E-state index contributed by atoms with van der Waals surface area (Å²) in [5, 5.41) is 6.01. The lowest BCUT2D eigenvalue weighted by molar-refractivity contribution is -0.127. The predicted octanol–water partition coefficient (Wildman–Crippen LogP) is 0.715. The summed E-state index contributed by atoms with van der Waals surface area (Å²) >= 11 is 0. The first-order valence-corrected chi connectivity index (χ1v) is 5.60. The maximum atomic E-state index is 12.0. The van der Waals surface area contributed by atoms with Crippen molar-refractivity contribution in [1.82, 2.24) is 15.6 Å². The Labute approximate surface area is 95.5 Å². The topological polar surface area (TPSA) is 54.0 Å². The molecule has 0 aromatic carbocycles. The van der Waals surface area contributed by atoms with E-state index in [-0.39, 0.29) is 5.91 Å². The van der Waals surface area contributed by atoms with E-state index in [4.69, 9.17) is 0 Å². The largest absolute Gasteiger partial charge is 0.357 e. The highest BCUT2D eigenvalue weighted by atomic mass is 16.2. The molecule has 4 heteroatoms. The van der Waals surface area contributed by atoms with Crippen LogP contribution in [0.2, 0.25) is 0 Å². The number of carbonyl (C=O) groups excluding carboxylic acids is 1. The van der Waals surface area contributed by atoms with Crippen LogP contribution in [0.1, 0.15) is 24.2 Å². The van der Waals surface area contributed by atoms with Crippen LogP contribution in [-0.2, 0) is 10.3 Å². The lowest BCUT2D eigenvalue weighted by atomic mass is 9.91. The monoisotopic (exact) mass is 219 g/mol. The van der Waals surface area contributed by atoms with Gasteiger partial charge in [-0.1, -0.05) is 6.07 Å². The van der Waals surface area contributed by atoms with Crippen molar-refractivity contribution in [2.24, 2.45) is 0 Å². The summed E-state index contributed by atoms with van der Waals surface area (Å²) in [5.74, 6) is 0.00287. The Bertz CT molecular complexity index is 397. The first-order chi connectivity index (χ1) is 7.69. The molecule has 0 radical (unpaired) electrons. The average molecular weight is 219 g/mol. The minimum Gasteiger partial charge on any atom is -0.357 e. The van der Waals surface area contributed by atoms with Gasteiger partial charge in [-0.25, -0.2) is 0 Å². The number of pyridine rings is 1. The number of rotatable bonds is 2. The molecule has 0 bridgehead atoms. The van der Waals surface area contributed by atoms with E-state index in [9.17, 15) is 4.79 Å². The Morgan fingerprint density at radius 1 is 1.56 bits per heavy atom. The molecular weight excluding hydrogens is 202 g/mol. The summed E-state index contributed by atoms with van der Waals surface area (Å²) in [7, 11) is 1.67. The van der Waals surface area contributed by atoms with Crippen molar-refractivity contribution < 1.29 is 4.79 Å². The summed E-state index contributed by atoms with van der Waals surface area (Å²) in [6, 6.07) is 5.80. The number of aromatic nitrogens is 1. The van der Waals surface area contributed by atoms with Crippen LogP contribution in [0.3, 0.4) is 0 Å². The SMILES string of the molecule is CNC(=O)[C@@]1(c2cccc(C)n2)CCCN1. The Hall–Kier alpha value is -1.42. The zero-order chi connectivity index (χ0) is 11.6. The molecule has 0 saturated carbocycles. The smallest absolute Gasteiger partial charge is 0.246 e. The third-order valence-electron chi connectivity index (χ3n) is 3.10. The van der Waals surface area contributed by atoms with E-state index in [0.717, 1.165) is 30.8 Å². The molecule has 2 rings (SSSR count). The Morgan fingerprint density at radius 3 is 2.94 bits per heavy atom. The van der Waals surface area contributed by atoms with Crippen molar-refractivity contribution in [3.05, 3.63) is 29.6 Å². The van der Waals surface area contributed by atoms with E-state index in [2.05, 4.69) is 15.6 Å². The standard InChI is InChI=1S/C12H17N3O/c1-9-5-3-6-10(15-9)12(11(16)13-2)7-4-8-14-12/h3,5-6,14H,4,7-8H2,1-2H3,(H,13,16)/t12-/m0/s1. The fraction of sp³-hybridized carbons (Fsp3) is 0.500. The number of hydrogen-bond donors (Lipinski definition) is 2. The van der Waals surface area contributed by atoms with E-state index in [1.165, 1.54) is 0 Å². The highest BCUT2D eigenvalue weighted by Crippen LogP contribution is 2.29. The van der Waals surface area contributed by atoms with Crippen molar-refractivity contribution in [2.75, 3.05) is 13.6 Å². The van der Waals surface area contributed by atoms with Gasteiger partial charge >= 0.3 is 0 Å².